The summed E-state index contributed by atoms with van der Waals surface area (Å²) in [6.07, 6.45) is 2.32. The standard InChI is InChI=1S/C14H21NO2/c1-2-17-14-7-5-12(6-8-14)10-15-9-3-4-13(15)11-16/h5-8,13,16H,2-4,9-11H2,1H3/t13-/m1/s1. The minimum atomic E-state index is 0.275. The molecule has 1 aromatic rings. The Bertz CT molecular complexity index is 337. The van der Waals surface area contributed by atoms with Gasteiger partial charge in [0.15, 0.2) is 0 Å². The molecule has 0 unspecified atom stereocenters. The van der Waals surface area contributed by atoms with E-state index in [1.165, 1.54) is 12.0 Å². The van der Waals surface area contributed by atoms with Crippen molar-refractivity contribution < 1.29 is 9.84 Å². The van der Waals surface area contributed by atoms with Crippen molar-refractivity contribution in [3.8, 4) is 5.75 Å². The number of benzene rings is 1. The molecule has 17 heavy (non-hydrogen) atoms. The zero-order valence-electron chi connectivity index (χ0n) is 10.4. The van der Waals surface area contributed by atoms with Gasteiger partial charge in [-0.1, -0.05) is 12.1 Å². The lowest BCUT2D eigenvalue weighted by molar-refractivity contribution is 0.153. The Labute approximate surface area is 103 Å². The number of hydrogen-bond donors (Lipinski definition) is 1. The zero-order valence-corrected chi connectivity index (χ0v) is 10.4. The lowest BCUT2D eigenvalue weighted by Crippen LogP contribution is -2.31. The first-order chi connectivity index (χ1) is 8.33. The van der Waals surface area contributed by atoms with Crippen LogP contribution in [-0.4, -0.2) is 35.8 Å². The van der Waals surface area contributed by atoms with Gasteiger partial charge in [0, 0.05) is 12.6 Å². The molecule has 1 atom stereocenters. The fraction of sp³-hybridized carbons (Fsp3) is 0.571. The van der Waals surface area contributed by atoms with Crippen LogP contribution in [-0.2, 0) is 6.54 Å². The molecular weight excluding hydrogens is 214 g/mol. The van der Waals surface area contributed by atoms with Crippen LogP contribution >= 0.6 is 0 Å². The number of aliphatic hydroxyl groups is 1. The quantitative estimate of drug-likeness (QED) is 0.847. The molecule has 0 saturated carbocycles. The Morgan fingerprint density at radius 2 is 2.12 bits per heavy atom. The minimum absolute atomic E-state index is 0.275. The largest absolute Gasteiger partial charge is 0.494 e. The van der Waals surface area contributed by atoms with Crippen molar-refractivity contribution >= 4 is 0 Å². The van der Waals surface area contributed by atoms with E-state index in [0.717, 1.165) is 25.3 Å². The number of hydrogen-bond acceptors (Lipinski definition) is 3. The summed E-state index contributed by atoms with van der Waals surface area (Å²) in [6.45, 7) is 5.00. The van der Waals surface area contributed by atoms with E-state index in [9.17, 15) is 5.11 Å². The molecule has 3 heteroatoms. The Morgan fingerprint density at radius 1 is 1.35 bits per heavy atom. The van der Waals surface area contributed by atoms with E-state index >= 15 is 0 Å². The van der Waals surface area contributed by atoms with Gasteiger partial charge >= 0.3 is 0 Å². The summed E-state index contributed by atoms with van der Waals surface area (Å²) < 4.78 is 5.42. The van der Waals surface area contributed by atoms with E-state index in [-0.39, 0.29) is 6.61 Å². The first kappa shape index (κ1) is 12.4. The smallest absolute Gasteiger partial charge is 0.119 e. The van der Waals surface area contributed by atoms with Crippen LogP contribution in [0.1, 0.15) is 25.3 Å². The highest BCUT2D eigenvalue weighted by Crippen LogP contribution is 2.20. The van der Waals surface area contributed by atoms with Gasteiger partial charge in [-0.05, 0) is 44.0 Å². The number of aliphatic hydroxyl groups excluding tert-OH is 1. The predicted octanol–water partition coefficient (Wildman–Crippen LogP) is 2.04. The van der Waals surface area contributed by atoms with Crippen LogP contribution in [0.25, 0.3) is 0 Å². The molecule has 1 saturated heterocycles. The summed E-state index contributed by atoms with van der Waals surface area (Å²) in [5.41, 5.74) is 1.29. The van der Waals surface area contributed by atoms with Crippen molar-refractivity contribution in [1.82, 2.24) is 4.90 Å². The molecule has 1 heterocycles. The van der Waals surface area contributed by atoms with Crippen LogP contribution in [0.5, 0.6) is 5.75 Å². The highest BCUT2D eigenvalue weighted by atomic mass is 16.5. The predicted molar refractivity (Wildman–Crippen MR) is 68.1 cm³/mol. The summed E-state index contributed by atoms with van der Waals surface area (Å²) in [5.74, 6) is 0.927. The van der Waals surface area contributed by atoms with E-state index in [1.807, 2.05) is 19.1 Å². The third kappa shape index (κ3) is 3.20. The molecule has 94 valence electrons. The van der Waals surface area contributed by atoms with Crippen molar-refractivity contribution in [3.05, 3.63) is 29.8 Å². The van der Waals surface area contributed by atoms with Gasteiger partial charge in [-0.2, -0.15) is 0 Å². The highest BCUT2D eigenvalue weighted by Gasteiger charge is 2.23. The summed E-state index contributed by atoms with van der Waals surface area (Å²) in [5, 5.41) is 9.27. The van der Waals surface area contributed by atoms with Crippen molar-refractivity contribution in [1.29, 1.82) is 0 Å². The summed E-state index contributed by atoms with van der Waals surface area (Å²) in [4.78, 5) is 2.36. The monoisotopic (exact) mass is 235 g/mol. The van der Waals surface area contributed by atoms with Gasteiger partial charge in [0.05, 0.1) is 13.2 Å². The van der Waals surface area contributed by atoms with Crippen molar-refractivity contribution in [2.45, 2.75) is 32.4 Å². The molecule has 1 aliphatic rings. The van der Waals surface area contributed by atoms with Gasteiger partial charge in [0.2, 0.25) is 0 Å². The molecule has 0 spiro atoms. The van der Waals surface area contributed by atoms with E-state index < -0.39 is 0 Å². The zero-order chi connectivity index (χ0) is 12.1. The van der Waals surface area contributed by atoms with Gasteiger partial charge in [-0.3, -0.25) is 4.90 Å². The number of nitrogens with zero attached hydrogens (tertiary/aromatic N) is 1. The van der Waals surface area contributed by atoms with E-state index in [0.29, 0.717) is 12.6 Å². The Hall–Kier alpha value is -1.06. The SMILES string of the molecule is CCOc1ccc(CN2CCC[C@@H]2CO)cc1. The molecule has 1 fully saturated rings. The Morgan fingerprint density at radius 3 is 2.76 bits per heavy atom. The lowest BCUT2D eigenvalue weighted by Gasteiger charge is -2.22. The second-order valence-electron chi connectivity index (χ2n) is 4.53. The first-order valence-corrected chi connectivity index (χ1v) is 6.40. The average molecular weight is 235 g/mol. The van der Waals surface area contributed by atoms with E-state index in [4.69, 9.17) is 4.74 Å². The second kappa shape index (κ2) is 6.03. The highest BCUT2D eigenvalue weighted by molar-refractivity contribution is 5.27. The summed E-state index contributed by atoms with van der Waals surface area (Å²) in [6, 6.07) is 8.60. The normalized spacial score (nSPS) is 20.7. The van der Waals surface area contributed by atoms with Crippen LogP contribution in [0.4, 0.5) is 0 Å². The number of rotatable bonds is 5. The van der Waals surface area contributed by atoms with E-state index in [1.54, 1.807) is 0 Å². The molecule has 1 aromatic carbocycles. The van der Waals surface area contributed by atoms with Crippen molar-refractivity contribution in [2.75, 3.05) is 19.8 Å². The molecular formula is C14H21NO2. The second-order valence-corrected chi connectivity index (χ2v) is 4.53. The average Bonchev–Trinajstić information content (AvgIpc) is 2.79. The number of ether oxygens (including phenoxy) is 1. The van der Waals surface area contributed by atoms with Crippen LogP contribution < -0.4 is 4.74 Å². The van der Waals surface area contributed by atoms with Gasteiger partial charge < -0.3 is 9.84 Å². The third-order valence-electron chi connectivity index (χ3n) is 3.33. The maximum Gasteiger partial charge on any atom is 0.119 e. The maximum absolute atomic E-state index is 9.27. The maximum atomic E-state index is 9.27. The molecule has 1 N–H and O–H groups in total. The Balaban J connectivity index is 1.94. The number of likely N-dealkylation sites (tertiary alicyclic amines) is 1. The molecule has 3 nitrogen and oxygen atoms in total. The fourth-order valence-electron chi connectivity index (χ4n) is 2.40. The molecule has 0 aliphatic carbocycles. The lowest BCUT2D eigenvalue weighted by atomic mass is 10.2. The van der Waals surface area contributed by atoms with Gasteiger partial charge in [0.25, 0.3) is 0 Å². The summed E-state index contributed by atoms with van der Waals surface area (Å²) >= 11 is 0. The van der Waals surface area contributed by atoms with Crippen LogP contribution in [0, 0.1) is 0 Å². The summed E-state index contributed by atoms with van der Waals surface area (Å²) in [7, 11) is 0. The van der Waals surface area contributed by atoms with Gasteiger partial charge in [-0.25, -0.2) is 0 Å². The fourth-order valence-corrected chi connectivity index (χ4v) is 2.40. The first-order valence-electron chi connectivity index (χ1n) is 6.40. The van der Waals surface area contributed by atoms with Gasteiger partial charge in [0.1, 0.15) is 5.75 Å². The topological polar surface area (TPSA) is 32.7 Å². The molecule has 0 aromatic heterocycles. The van der Waals surface area contributed by atoms with Crippen LogP contribution in [0.3, 0.4) is 0 Å². The molecule has 0 bridgehead atoms. The minimum Gasteiger partial charge on any atom is -0.494 e. The van der Waals surface area contributed by atoms with Crippen LogP contribution in [0.2, 0.25) is 0 Å². The van der Waals surface area contributed by atoms with Crippen LogP contribution in [0.15, 0.2) is 24.3 Å². The molecule has 2 rings (SSSR count). The van der Waals surface area contributed by atoms with Gasteiger partial charge in [-0.15, -0.1) is 0 Å². The van der Waals surface area contributed by atoms with Crippen molar-refractivity contribution in [3.63, 3.8) is 0 Å². The molecule has 0 amide bonds. The van der Waals surface area contributed by atoms with E-state index in [2.05, 4.69) is 17.0 Å². The Kier molecular flexibility index (Phi) is 4.40. The molecule has 1 aliphatic heterocycles. The third-order valence-corrected chi connectivity index (χ3v) is 3.33. The molecule has 0 radical (unpaired) electrons. The van der Waals surface area contributed by atoms with Crippen molar-refractivity contribution in [2.24, 2.45) is 0 Å².